The van der Waals surface area contributed by atoms with Crippen molar-refractivity contribution in [3.63, 3.8) is 0 Å². The number of carbonyl (C=O) groups excluding carboxylic acids is 1. The smallest absolute Gasteiger partial charge is 0.366 e. The van der Waals surface area contributed by atoms with E-state index in [2.05, 4.69) is 10.3 Å². The topological polar surface area (TPSA) is 70.1 Å². The van der Waals surface area contributed by atoms with Gasteiger partial charge in [-0.1, -0.05) is 0 Å². The van der Waals surface area contributed by atoms with Gasteiger partial charge in [-0.25, -0.2) is 10.3 Å². The quantitative estimate of drug-likeness (QED) is 0.857. The summed E-state index contributed by atoms with van der Waals surface area (Å²) in [6.45, 7) is 0. The Kier molecular flexibility index (Phi) is 2.53. The molecule has 0 aromatic carbocycles. The highest BCUT2D eigenvalue weighted by molar-refractivity contribution is 6.00. The van der Waals surface area contributed by atoms with Gasteiger partial charge in [-0.05, 0) is 11.6 Å². The number of carbonyl (C=O) groups is 1. The van der Waals surface area contributed by atoms with E-state index in [1.54, 1.807) is 0 Å². The number of halogens is 3. The fourth-order valence-electron chi connectivity index (χ4n) is 1.62. The molecule has 0 fully saturated rings. The van der Waals surface area contributed by atoms with E-state index in [1.165, 1.54) is 12.3 Å². The van der Waals surface area contributed by atoms with Gasteiger partial charge in [0.25, 0.3) is 0 Å². The number of fused-ring (bicyclic) bond motifs is 1. The van der Waals surface area contributed by atoms with E-state index in [9.17, 15) is 18.0 Å². The van der Waals surface area contributed by atoms with E-state index in [0.717, 1.165) is 6.20 Å². The van der Waals surface area contributed by atoms with Crippen molar-refractivity contribution in [1.29, 1.82) is 0 Å². The van der Waals surface area contributed by atoms with Crippen LogP contribution < -0.4 is 11.1 Å². The second kappa shape index (κ2) is 3.76. The molecule has 17 heavy (non-hydrogen) atoms. The molecule has 1 aromatic rings. The zero-order chi connectivity index (χ0) is 12.6. The highest BCUT2D eigenvalue weighted by Crippen LogP contribution is 2.38. The van der Waals surface area contributed by atoms with Crippen LogP contribution in [0.2, 0.25) is 0 Å². The summed E-state index contributed by atoms with van der Waals surface area (Å²) in [6.07, 6.45) is -3.17. The van der Waals surface area contributed by atoms with Crippen molar-refractivity contribution in [1.82, 2.24) is 10.3 Å². The molecule has 1 radical (unpaired) electrons. The third-order valence-electron chi connectivity index (χ3n) is 2.25. The van der Waals surface area contributed by atoms with Crippen LogP contribution >= 0.6 is 0 Å². The third kappa shape index (κ3) is 2.22. The number of hydrogen-bond acceptors (Lipinski definition) is 2. The molecule has 89 valence electrons. The number of amides is 1. The van der Waals surface area contributed by atoms with Crippen molar-refractivity contribution in [3.05, 3.63) is 29.6 Å². The summed E-state index contributed by atoms with van der Waals surface area (Å²) in [5, 5.41) is 3.73. The fourth-order valence-corrected chi connectivity index (χ4v) is 1.62. The highest BCUT2D eigenvalue weighted by atomic mass is 19.4. The van der Waals surface area contributed by atoms with Gasteiger partial charge < -0.3 is 5.73 Å². The number of rotatable bonds is 2. The van der Waals surface area contributed by atoms with Gasteiger partial charge in [0.2, 0.25) is 5.91 Å². The molecule has 2 rings (SSSR count). The number of nitrogens with two attached hydrogens (primary N) is 1. The minimum absolute atomic E-state index is 0.00625. The molecule has 0 bridgehead atoms. The van der Waals surface area contributed by atoms with Crippen molar-refractivity contribution < 1.29 is 18.0 Å². The second-order valence-electron chi connectivity index (χ2n) is 3.50. The van der Waals surface area contributed by atoms with E-state index >= 15 is 0 Å². The molecule has 1 amide bonds. The Hall–Kier alpha value is -2.05. The minimum atomic E-state index is -4.37. The summed E-state index contributed by atoms with van der Waals surface area (Å²) >= 11 is 0. The van der Waals surface area contributed by atoms with Gasteiger partial charge >= 0.3 is 6.18 Å². The Bertz CT molecular complexity index is 508. The lowest BCUT2D eigenvalue weighted by molar-refractivity contribution is -0.123. The molecule has 2 N–H and O–H groups in total. The summed E-state index contributed by atoms with van der Waals surface area (Å²) in [7, 11) is 0. The lowest BCUT2D eigenvalue weighted by Crippen LogP contribution is -2.15. The zero-order valence-corrected chi connectivity index (χ0v) is 8.45. The predicted octanol–water partition coefficient (Wildman–Crippen LogP) is 1.72. The van der Waals surface area contributed by atoms with E-state index in [1.807, 2.05) is 0 Å². The zero-order valence-electron chi connectivity index (χ0n) is 8.45. The molecule has 0 saturated heterocycles. The second-order valence-corrected chi connectivity index (χ2v) is 3.50. The molecule has 4 nitrogen and oxygen atoms in total. The van der Waals surface area contributed by atoms with Gasteiger partial charge in [0.05, 0.1) is 12.0 Å². The molecule has 1 aromatic heterocycles. The van der Waals surface area contributed by atoms with Crippen molar-refractivity contribution >= 4 is 17.3 Å². The number of hydrogen-bond donors (Lipinski definition) is 1. The molecule has 1 aliphatic heterocycles. The van der Waals surface area contributed by atoms with Crippen LogP contribution in [-0.4, -0.2) is 17.1 Å². The van der Waals surface area contributed by atoms with Gasteiger partial charge in [0.15, 0.2) is 5.82 Å². The summed E-state index contributed by atoms with van der Waals surface area (Å²) < 4.78 is 36.9. The van der Waals surface area contributed by atoms with Gasteiger partial charge in [-0.15, -0.1) is 0 Å². The Morgan fingerprint density at radius 1 is 1.41 bits per heavy atom. The van der Waals surface area contributed by atoms with Crippen LogP contribution in [0.1, 0.15) is 22.3 Å². The first-order chi connectivity index (χ1) is 7.88. The Balaban J connectivity index is 2.44. The Labute approximate surface area is 94.3 Å². The molecule has 0 aliphatic carbocycles. The molecular formula is C10H7F3N3O. The molecule has 7 heteroatoms. The largest absolute Gasteiger partial charge is 0.393 e. The first kappa shape index (κ1) is 11.4. The first-order valence-electron chi connectivity index (χ1n) is 4.64. The summed E-state index contributed by atoms with van der Waals surface area (Å²) in [5.41, 5.74) is 5.09. The fraction of sp³-hybridized carbons (Fsp3) is 0.200. The lowest BCUT2D eigenvalue weighted by Gasteiger charge is -2.09. The normalized spacial score (nSPS) is 13.9. The van der Waals surface area contributed by atoms with Crippen LogP contribution in [-0.2, 0) is 0 Å². The maximum Gasteiger partial charge on any atom is 0.393 e. The molecule has 2 heterocycles. The van der Waals surface area contributed by atoms with Gasteiger partial charge in [0, 0.05) is 18.0 Å². The molecule has 0 unspecified atom stereocenters. The summed E-state index contributed by atoms with van der Waals surface area (Å²) in [6, 6.07) is 1.28. The van der Waals surface area contributed by atoms with E-state index in [0.29, 0.717) is 0 Å². The first-order valence-corrected chi connectivity index (χ1v) is 4.64. The van der Waals surface area contributed by atoms with Crippen LogP contribution in [0.25, 0.3) is 5.57 Å². The lowest BCUT2D eigenvalue weighted by atomic mass is 10.0. The van der Waals surface area contributed by atoms with Crippen molar-refractivity contribution in [2.45, 2.75) is 12.6 Å². The average molecular weight is 242 g/mol. The van der Waals surface area contributed by atoms with E-state index in [-0.39, 0.29) is 22.5 Å². The average Bonchev–Trinajstić information content (AvgIpc) is 2.59. The van der Waals surface area contributed by atoms with Crippen LogP contribution in [0.4, 0.5) is 19.0 Å². The van der Waals surface area contributed by atoms with Gasteiger partial charge in [-0.3, -0.25) is 4.79 Å². The number of primary amides is 1. The standard InChI is InChI=1S/C10H7F3N3O/c11-10(12,13)3-5-4-16-9-7(5)6(8(14)17)1-2-15-9/h1-2,4H,3H2,(H2,14,17). The Morgan fingerprint density at radius 2 is 2.12 bits per heavy atom. The highest BCUT2D eigenvalue weighted by Gasteiger charge is 2.34. The molecule has 1 aliphatic rings. The maximum absolute atomic E-state index is 12.3. The molecular weight excluding hydrogens is 235 g/mol. The van der Waals surface area contributed by atoms with Crippen molar-refractivity contribution in [3.8, 4) is 0 Å². The Morgan fingerprint density at radius 3 is 2.71 bits per heavy atom. The van der Waals surface area contributed by atoms with E-state index in [4.69, 9.17) is 5.73 Å². The van der Waals surface area contributed by atoms with Crippen LogP contribution in [0.15, 0.2) is 18.5 Å². The third-order valence-corrected chi connectivity index (χ3v) is 2.25. The van der Waals surface area contributed by atoms with E-state index < -0.39 is 18.5 Å². The number of alkyl halides is 3. The van der Waals surface area contributed by atoms with Crippen molar-refractivity contribution in [2.75, 3.05) is 0 Å². The number of aromatic nitrogens is 1. The van der Waals surface area contributed by atoms with Crippen LogP contribution in [0.3, 0.4) is 0 Å². The minimum Gasteiger partial charge on any atom is -0.366 e. The monoisotopic (exact) mass is 242 g/mol. The molecule has 0 saturated carbocycles. The van der Waals surface area contributed by atoms with Crippen LogP contribution in [0, 0.1) is 0 Å². The summed E-state index contributed by atoms with van der Waals surface area (Å²) in [5.74, 6) is -0.700. The maximum atomic E-state index is 12.3. The molecule has 0 atom stereocenters. The SMILES string of the molecule is NC(=O)c1ccnc2c1C(CC(F)(F)F)=C[N]2. The summed E-state index contributed by atoms with van der Waals surface area (Å²) in [4.78, 5) is 14.9. The number of pyridine rings is 1. The number of nitrogens with zero attached hydrogens (tertiary/aromatic N) is 2. The predicted molar refractivity (Wildman–Crippen MR) is 53.2 cm³/mol. The van der Waals surface area contributed by atoms with Crippen molar-refractivity contribution in [2.24, 2.45) is 5.73 Å². The van der Waals surface area contributed by atoms with Gasteiger partial charge in [0.1, 0.15) is 0 Å². The van der Waals surface area contributed by atoms with Gasteiger partial charge in [-0.2, -0.15) is 13.2 Å². The molecule has 0 spiro atoms. The number of allylic oxidation sites excluding steroid dienone is 1. The van der Waals surface area contributed by atoms with Crippen LogP contribution in [0.5, 0.6) is 0 Å².